The molecular weight excluding hydrogens is 380 g/mol. The van der Waals surface area contributed by atoms with E-state index >= 15 is 0 Å². The van der Waals surface area contributed by atoms with E-state index in [-0.39, 0.29) is 36.4 Å². The molecule has 0 aromatic rings. The lowest BCUT2D eigenvalue weighted by Gasteiger charge is -2.65. The Hall–Kier alpha value is -1.01. The molecule has 0 spiro atoms. The van der Waals surface area contributed by atoms with Crippen LogP contribution >= 0.6 is 11.6 Å². The van der Waals surface area contributed by atoms with Crippen LogP contribution in [-0.4, -0.2) is 50.1 Å². The van der Waals surface area contributed by atoms with E-state index in [9.17, 15) is 24.9 Å². The Kier molecular flexibility index (Phi) is 4.35. The van der Waals surface area contributed by atoms with Crippen molar-refractivity contribution in [3.8, 4) is 0 Å². The molecule has 0 aliphatic heterocycles. The molecule has 0 amide bonds. The molecule has 8 atom stereocenters. The monoisotopic (exact) mass is 408 g/mol. The van der Waals surface area contributed by atoms with Gasteiger partial charge in [0.05, 0.1) is 11.0 Å². The third-order valence-corrected chi connectivity index (χ3v) is 9.65. The van der Waals surface area contributed by atoms with Crippen LogP contribution in [0, 0.1) is 28.6 Å². The van der Waals surface area contributed by atoms with Gasteiger partial charge >= 0.3 is 0 Å². The standard InChI is InChI=1S/C22H29ClO5/c1-12-8-16-14-5-7-21(28,18(27)11-24)20(14,3)10-17(26)22(16,23)19(2)6-4-13(25)9-15(12)19/h4,6,9,12,14,16-17,24,26,28H,5,7-8,10-11H2,1-3H3/t12-,14-,16-,17-,19-,20-,21-,22-/m0/s1. The van der Waals surface area contributed by atoms with Gasteiger partial charge in [0.15, 0.2) is 11.6 Å². The van der Waals surface area contributed by atoms with E-state index in [1.165, 1.54) is 6.08 Å². The van der Waals surface area contributed by atoms with E-state index in [4.69, 9.17) is 11.6 Å². The number of Topliss-reactive ketones (excluding diaryl/α,β-unsaturated/α-hetero) is 1. The van der Waals surface area contributed by atoms with E-state index in [1.807, 2.05) is 19.9 Å². The summed E-state index contributed by atoms with van der Waals surface area (Å²) in [6.45, 7) is 5.21. The molecule has 4 aliphatic carbocycles. The maximum atomic E-state index is 12.5. The highest BCUT2D eigenvalue weighted by Crippen LogP contribution is 2.71. The van der Waals surface area contributed by atoms with Gasteiger partial charge in [0.2, 0.25) is 0 Å². The first-order valence-electron chi connectivity index (χ1n) is 10.1. The first-order chi connectivity index (χ1) is 13.0. The molecule has 3 N–H and O–H groups in total. The number of carbonyl (C=O) groups excluding carboxylic acids is 2. The number of alkyl halides is 1. The zero-order chi connectivity index (χ0) is 20.7. The third kappa shape index (κ3) is 2.14. The Morgan fingerprint density at radius 2 is 2.00 bits per heavy atom. The van der Waals surface area contributed by atoms with Crippen LogP contribution in [0.15, 0.2) is 23.8 Å². The molecule has 154 valence electrons. The fourth-order valence-corrected chi connectivity index (χ4v) is 7.68. The minimum Gasteiger partial charge on any atom is -0.391 e. The summed E-state index contributed by atoms with van der Waals surface area (Å²) in [4.78, 5) is 23.5. The highest BCUT2D eigenvalue weighted by molar-refractivity contribution is 6.26. The summed E-state index contributed by atoms with van der Waals surface area (Å²) < 4.78 is 0. The number of hydrogen-bond donors (Lipinski definition) is 3. The number of allylic oxidation sites excluding steroid dienone is 4. The third-order valence-electron chi connectivity index (χ3n) is 8.73. The number of halogens is 1. The zero-order valence-electron chi connectivity index (χ0n) is 16.6. The van der Waals surface area contributed by atoms with Gasteiger partial charge in [-0.25, -0.2) is 0 Å². The Morgan fingerprint density at radius 1 is 1.32 bits per heavy atom. The summed E-state index contributed by atoms with van der Waals surface area (Å²) in [5.74, 6) is -0.714. The number of rotatable bonds is 2. The summed E-state index contributed by atoms with van der Waals surface area (Å²) in [6, 6.07) is 0. The fraction of sp³-hybridized carbons (Fsp3) is 0.727. The summed E-state index contributed by atoms with van der Waals surface area (Å²) in [5.41, 5.74) is -2.22. The van der Waals surface area contributed by atoms with Crippen LogP contribution in [0.2, 0.25) is 0 Å². The number of aliphatic hydroxyl groups excluding tert-OH is 2. The van der Waals surface area contributed by atoms with Crippen molar-refractivity contribution in [2.75, 3.05) is 6.61 Å². The summed E-state index contributed by atoms with van der Waals surface area (Å²) in [6.07, 6.45) is 5.82. The summed E-state index contributed by atoms with van der Waals surface area (Å²) in [7, 11) is 0. The smallest absolute Gasteiger partial charge is 0.190 e. The number of ketones is 2. The van der Waals surface area contributed by atoms with Crippen molar-refractivity contribution in [1.82, 2.24) is 0 Å². The lowest BCUT2D eigenvalue weighted by Crippen LogP contribution is -2.69. The second kappa shape index (κ2) is 6.00. The second-order valence-corrected chi connectivity index (χ2v) is 10.4. The zero-order valence-corrected chi connectivity index (χ0v) is 17.4. The van der Waals surface area contributed by atoms with Crippen LogP contribution in [0.5, 0.6) is 0 Å². The van der Waals surface area contributed by atoms with Gasteiger partial charge in [0.1, 0.15) is 12.2 Å². The fourth-order valence-electron chi connectivity index (χ4n) is 7.19. The first-order valence-corrected chi connectivity index (χ1v) is 10.5. The Morgan fingerprint density at radius 3 is 2.64 bits per heavy atom. The van der Waals surface area contributed by atoms with Gasteiger partial charge < -0.3 is 15.3 Å². The minimum atomic E-state index is -1.65. The highest BCUT2D eigenvalue weighted by Gasteiger charge is 2.73. The van der Waals surface area contributed by atoms with E-state index < -0.39 is 39.8 Å². The lowest BCUT2D eigenvalue weighted by molar-refractivity contribution is -0.175. The SMILES string of the molecule is C[C@H]1C[C@H]2[C@@H]3CC[C@](O)(C(=O)CO)[C@@]3(C)C[C@H](O)[C@]2(Cl)[C@@]2(C)C=CC(=O)C=C12. The minimum absolute atomic E-state index is 0.0549. The van der Waals surface area contributed by atoms with Crippen molar-refractivity contribution in [1.29, 1.82) is 0 Å². The first kappa shape index (κ1) is 20.3. The van der Waals surface area contributed by atoms with Gasteiger partial charge in [-0.15, -0.1) is 11.6 Å². The normalized spacial score (nSPS) is 52.5. The number of fused-ring (bicyclic) bond motifs is 5. The molecular formula is C22H29ClO5. The van der Waals surface area contributed by atoms with Crippen molar-refractivity contribution < 1.29 is 24.9 Å². The molecule has 3 fully saturated rings. The number of aliphatic hydroxyl groups is 3. The van der Waals surface area contributed by atoms with Gasteiger partial charge in [-0.05, 0) is 55.6 Å². The summed E-state index contributed by atoms with van der Waals surface area (Å²) in [5, 5.41) is 32.1. The van der Waals surface area contributed by atoms with Crippen LogP contribution in [0.1, 0.15) is 46.5 Å². The van der Waals surface area contributed by atoms with Crippen LogP contribution in [0.4, 0.5) is 0 Å². The van der Waals surface area contributed by atoms with Crippen molar-refractivity contribution in [3.05, 3.63) is 23.8 Å². The Balaban J connectivity index is 1.84. The molecule has 0 saturated heterocycles. The predicted molar refractivity (Wildman–Crippen MR) is 105 cm³/mol. The number of carbonyl (C=O) groups is 2. The van der Waals surface area contributed by atoms with Crippen LogP contribution in [0.25, 0.3) is 0 Å². The molecule has 4 aliphatic rings. The molecule has 0 aromatic carbocycles. The average molecular weight is 409 g/mol. The largest absolute Gasteiger partial charge is 0.391 e. The van der Waals surface area contributed by atoms with E-state index in [1.54, 1.807) is 6.08 Å². The maximum Gasteiger partial charge on any atom is 0.190 e. The highest BCUT2D eigenvalue weighted by atomic mass is 35.5. The molecule has 6 heteroatoms. The molecule has 0 unspecified atom stereocenters. The lowest BCUT2D eigenvalue weighted by atomic mass is 9.44. The van der Waals surface area contributed by atoms with E-state index in [2.05, 4.69) is 6.92 Å². The van der Waals surface area contributed by atoms with Gasteiger partial charge in [0, 0.05) is 10.8 Å². The molecule has 0 heterocycles. The second-order valence-electron chi connectivity index (χ2n) is 9.77. The Labute approximate surface area is 170 Å². The van der Waals surface area contributed by atoms with Gasteiger partial charge in [-0.1, -0.05) is 32.4 Å². The molecule has 5 nitrogen and oxygen atoms in total. The van der Waals surface area contributed by atoms with E-state index in [0.717, 1.165) is 5.57 Å². The summed E-state index contributed by atoms with van der Waals surface area (Å²) >= 11 is 7.32. The topological polar surface area (TPSA) is 94.8 Å². The number of hydrogen-bond acceptors (Lipinski definition) is 5. The van der Waals surface area contributed by atoms with Crippen molar-refractivity contribution in [3.63, 3.8) is 0 Å². The molecule has 0 radical (unpaired) electrons. The Bertz CT molecular complexity index is 805. The van der Waals surface area contributed by atoms with Gasteiger partial charge in [-0.3, -0.25) is 9.59 Å². The van der Waals surface area contributed by atoms with Crippen molar-refractivity contribution in [2.24, 2.45) is 28.6 Å². The van der Waals surface area contributed by atoms with Crippen LogP contribution in [0.3, 0.4) is 0 Å². The van der Waals surface area contributed by atoms with Crippen LogP contribution in [-0.2, 0) is 9.59 Å². The van der Waals surface area contributed by atoms with Crippen molar-refractivity contribution >= 4 is 23.2 Å². The van der Waals surface area contributed by atoms with Gasteiger partial charge in [0.25, 0.3) is 0 Å². The maximum absolute atomic E-state index is 12.5. The molecule has 4 rings (SSSR count). The predicted octanol–water partition coefficient (Wildman–Crippen LogP) is 2.17. The quantitative estimate of drug-likeness (QED) is 0.608. The van der Waals surface area contributed by atoms with E-state index in [0.29, 0.717) is 12.8 Å². The molecule has 3 saturated carbocycles. The molecule has 0 bridgehead atoms. The molecule has 28 heavy (non-hydrogen) atoms. The van der Waals surface area contributed by atoms with Gasteiger partial charge in [-0.2, -0.15) is 0 Å². The average Bonchev–Trinajstić information content (AvgIpc) is 2.91. The van der Waals surface area contributed by atoms with Crippen LogP contribution < -0.4 is 0 Å². The van der Waals surface area contributed by atoms with Crippen molar-refractivity contribution in [2.45, 2.75) is 63.0 Å². The molecule has 0 aromatic heterocycles.